The van der Waals surface area contributed by atoms with Crippen molar-refractivity contribution in [2.75, 3.05) is 0 Å². The minimum Gasteiger partial charge on any atom is -0.207 e. The number of hydrogen-bond donors (Lipinski definition) is 0. The summed E-state index contributed by atoms with van der Waals surface area (Å²) < 4.78 is 15.1. The van der Waals surface area contributed by atoms with E-state index in [1.54, 1.807) is 6.07 Å². The first-order valence-electron chi connectivity index (χ1n) is 3.28. The summed E-state index contributed by atoms with van der Waals surface area (Å²) in [6, 6.07) is 3.48. The molecule has 3 heteroatoms. The summed E-state index contributed by atoms with van der Waals surface area (Å²) in [7, 11) is 0. The molecule has 0 aliphatic rings. The van der Waals surface area contributed by atoms with Gasteiger partial charge >= 0.3 is 0 Å². The van der Waals surface area contributed by atoms with E-state index in [1.807, 2.05) is 13.0 Å². The van der Waals surface area contributed by atoms with E-state index in [9.17, 15) is 4.39 Å². The van der Waals surface area contributed by atoms with Crippen LogP contribution in [0.25, 0.3) is 0 Å². The second-order valence-corrected chi connectivity index (χ2v) is 4.54. The standard InChI is InChI=1S/C8H7FI2/c1-2-5-3-7(10)8(11)4-6(5)9/h3-4H,2H2,1H3. The Bertz CT molecular complexity index is 271. The van der Waals surface area contributed by atoms with Gasteiger partial charge in [-0.3, -0.25) is 0 Å². The van der Waals surface area contributed by atoms with Crippen molar-refractivity contribution in [2.24, 2.45) is 0 Å². The summed E-state index contributed by atoms with van der Waals surface area (Å²) >= 11 is 4.35. The molecular weight excluding hydrogens is 369 g/mol. The van der Waals surface area contributed by atoms with E-state index in [2.05, 4.69) is 45.2 Å². The first-order valence-corrected chi connectivity index (χ1v) is 5.44. The number of benzene rings is 1. The van der Waals surface area contributed by atoms with Gasteiger partial charge in [-0.2, -0.15) is 0 Å². The van der Waals surface area contributed by atoms with Gasteiger partial charge in [0.15, 0.2) is 0 Å². The highest BCUT2D eigenvalue weighted by molar-refractivity contribution is 14.1. The molecule has 0 saturated heterocycles. The van der Waals surface area contributed by atoms with Gasteiger partial charge in [0.2, 0.25) is 0 Å². The summed E-state index contributed by atoms with van der Waals surface area (Å²) in [6.45, 7) is 1.96. The molecule has 0 fully saturated rings. The Balaban J connectivity index is 3.21. The lowest BCUT2D eigenvalue weighted by molar-refractivity contribution is 0.610. The van der Waals surface area contributed by atoms with Crippen LogP contribution in [-0.2, 0) is 6.42 Å². The molecule has 0 heterocycles. The Morgan fingerprint density at radius 2 is 1.82 bits per heavy atom. The second-order valence-electron chi connectivity index (χ2n) is 2.21. The predicted molar refractivity (Wildman–Crippen MR) is 61.2 cm³/mol. The lowest BCUT2D eigenvalue weighted by Crippen LogP contribution is -1.91. The normalized spacial score (nSPS) is 10.2. The van der Waals surface area contributed by atoms with Crippen molar-refractivity contribution in [1.82, 2.24) is 0 Å². The van der Waals surface area contributed by atoms with Gasteiger partial charge in [0.05, 0.1) is 0 Å². The van der Waals surface area contributed by atoms with Crippen molar-refractivity contribution in [3.8, 4) is 0 Å². The maximum absolute atomic E-state index is 13.0. The summed E-state index contributed by atoms with van der Waals surface area (Å²) in [5.41, 5.74) is 0.801. The van der Waals surface area contributed by atoms with Gasteiger partial charge in [0.1, 0.15) is 5.82 Å². The Morgan fingerprint density at radius 3 is 2.36 bits per heavy atom. The monoisotopic (exact) mass is 376 g/mol. The minimum atomic E-state index is -0.0858. The van der Waals surface area contributed by atoms with Gasteiger partial charge in [0, 0.05) is 7.14 Å². The van der Waals surface area contributed by atoms with Crippen LogP contribution in [0.15, 0.2) is 12.1 Å². The molecule has 0 saturated carbocycles. The largest absolute Gasteiger partial charge is 0.207 e. The Labute approximate surface area is 92.9 Å². The molecule has 0 spiro atoms. The third-order valence-corrected chi connectivity index (χ3v) is 4.29. The fourth-order valence-corrected chi connectivity index (χ4v) is 1.80. The SMILES string of the molecule is CCc1cc(I)c(I)cc1F. The van der Waals surface area contributed by atoms with Gasteiger partial charge in [-0.15, -0.1) is 0 Å². The van der Waals surface area contributed by atoms with E-state index < -0.39 is 0 Å². The number of halogens is 3. The average Bonchev–Trinajstić information content (AvgIpc) is 1.97. The molecule has 0 bridgehead atoms. The Morgan fingerprint density at radius 1 is 1.27 bits per heavy atom. The van der Waals surface area contributed by atoms with Crippen molar-refractivity contribution in [3.05, 3.63) is 30.7 Å². The van der Waals surface area contributed by atoms with Crippen molar-refractivity contribution >= 4 is 45.2 Å². The quantitative estimate of drug-likeness (QED) is 0.519. The van der Waals surface area contributed by atoms with Crippen LogP contribution in [0.2, 0.25) is 0 Å². The molecule has 0 atom stereocenters. The van der Waals surface area contributed by atoms with Crippen molar-refractivity contribution in [2.45, 2.75) is 13.3 Å². The zero-order chi connectivity index (χ0) is 8.43. The maximum atomic E-state index is 13.0. The van der Waals surface area contributed by atoms with Crippen LogP contribution in [0.1, 0.15) is 12.5 Å². The molecule has 0 nitrogen and oxygen atoms in total. The molecule has 1 aromatic carbocycles. The molecule has 60 valence electrons. The van der Waals surface area contributed by atoms with E-state index >= 15 is 0 Å². The molecule has 1 aromatic rings. The van der Waals surface area contributed by atoms with Gasteiger partial charge < -0.3 is 0 Å². The molecule has 0 aromatic heterocycles. The number of rotatable bonds is 1. The lowest BCUT2D eigenvalue weighted by Gasteiger charge is -2.01. The van der Waals surface area contributed by atoms with Crippen molar-refractivity contribution < 1.29 is 4.39 Å². The van der Waals surface area contributed by atoms with Crippen molar-refractivity contribution in [1.29, 1.82) is 0 Å². The maximum Gasteiger partial charge on any atom is 0.127 e. The van der Waals surface area contributed by atoms with Gasteiger partial charge in [-0.25, -0.2) is 4.39 Å². The summed E-state index contributed by atoms with van der Waals surface area (Å²) in [6.07, 6.45) is 0.763. The molecular formula is C8H7FI2. The first-order chi connectivity index (χ1) is 5.15. The highest BCUT2D eigenvalue weighted by Crippen LogP contribution is 2.19. The van der Waals surface area contributed by atoms with Crippen LogP contribution in [0.4, 0.5) is 4.39 Å². The van der Waals surface area contributed by atoms with Crippen LogP contribution in [0.5, 0.6) is 0 Å². The fraction of sp³-hybridized carbons (Fsp3) is 0.250. The van der Waals surface area contributed by atoms with Crippen LogP contribution in [-0.4, -0.2) is 0 Å². The molecule has 0 N–H and O–H groups in total. The third-order valence-electron chi connectivity index (χ3n) is 1.47. The number of hydrogen-bond acceptors (Lipinski definition) is 0. The third kappa shape index (κ3) is 2.27. The second kappa shape index (κ2) is 4.02. The highest BCUT2D eigenvalue weighted by atomic mass is 127. The molecule has 11 heavy (non-hydrogen) atoms. The highest BCUT2D eigenvalue weighted by Gasteiger charge is 2.03. The van der Waals surface area contributed by atoms with Gasteiger partial charge in [-0.1, -0.05) is 6.92 Å². The van der Waals surface area contributed by atoms with E-state index in [0.717, 1.165) is 19.1 Å². The molecule has 1 rings (SSSR count). The predicted octanol–water partition coefficient (Wildman–Crippen LogP) is 3.60. The van der Waals surface area contributed by atoms with Crippen LogP contribution >= 0.6 is 45.2 Å². The number of aryl methyl sites for hydroxylation is 1. The molecule has 0 aliphatic carbocycles. The zero-order valence-corrected chi connectivity index (χ0v) is 10.3. The van der Waals surface area contributed by atoms with E-state index in [0.29, 0.717) is 0 Å². The first kappa shape index (κ1) is 9.70. The molecule has 0 radical (unpaired) electrons. The minimum absolute atomic E-state index is 0.0858. The summed E-state index contributed by atoms with van der Waals surface area (Å²) in [5, 5.41) is 0. The van der Waals surface area contributed by atoms with E-state index in [1.165, 1.54) is 0 Å². The van der Waals surface area contributed by atoms with Crippen LogP contribution in [0.3, 0.4) is 0 Å². The van der Waals surface area contributed by atoms with Gasteiger partial charge in [0.25, 0.3) is 0 Å². The molecule has 0 amide bonds. The smallest absolute Gasteiger partial charge is 0.127 e. The van der Waals surface area contributed by atoms with Crippen LogP contribution in [0, 0.1) is 13.0 Å². The van der Waals surface area contributed by atoms with E-state index in [4.69, 9.17) is 0 Å². The summed E-state index contributed by atoms with van der Waals surface area (Å²) in [5.74, 6) is -0.0858. The van der Waals surface area contributed by atoms with Gasteiger partial charge in [-0.05, 0) is 69.3 Å². The fourth-order valence-electron chi connectivity index (χ4n) is 0.835. The Kier molecular flexibility index (Phi) is 3.54. The molecule has 0 aliphatic heterocycles. The molecule has 0 unspecified atom stereocenters. The topological polar surface area (TPSA) is 0 Å². The lowest BCUT2D eigenvalue weighted by atomic mass is 10.2. The Hall–Kier alpha value is 0.610. The van der Waals surface area contributed by atoms with E-state index in [-0.39, 0.29) is 5.82 Å². The zero-order valence-electron chi connectivity index (χ0n) is 6.00. The van der Waals surface area contributed by atoms with Crippen molar-refractivity contribution in [3.63, 3.8) is 0 Å². The summed E-state index contributed by atoms with van der Waals surface area (Å²) in [4.78, 5) is 0. The average molecular weight is 376 g/mol. The van der Waals surface area contributed by atoms with Crippen LogP contribution < -0.4 is 0 Å².